The number of amides is 2. The maximum atomic E-state index is 12.7. The average Bonchev–Trinajstić information content (AvgIpc) is 3.15. The number of hydrogen-bond acceptors (Lipinski definition) is 5. The summed E-state index contributed by atoms with van der Waals surface area (Å²) >= 11 is 0. The van der Waals surface area contributed by atoms with Crippen LogP contribution in [0.4, 0.5) is 5.69 Å². The Kier molecular flexibility index (Phi) is 5.81. The molecule has 7 nitrogen and oxygen atoms in total. The van der Waals surface area contributed by atoms with E-state index in [1.54, 1.807) is 24.3 Å². The van der Waals surface area contributed by atoms with Crippen molar-refractivity contribution in [3.8, 4) is 0 Å². The van der Waals surface area contributed by atoms with E-state index in [2.05, 4.69) is 5.32 Å². The quantitative estimate of drug-likeness (QED) is 0.862. The highest BCUT2D eigenvalue weighted by Gasteiger charge is 2.29. The number of nitrogens with zero attached hydrogens (tertiary/aromatic N) is 1. The van der Waals surface area contributed by atoms with E-state index in [0.29, 0.717) is 24.7 Å². The Morgan fingerprint density at radius 1 is 1.12 bits per heavy atom. The zero-order valence-electron chi connectivity index (χ0n) is 13.7. The van der Waals surface area contributed by atoms with Gasteiger partial charge in [0.25, 0.3) is 5.91 Å². The minimum atomic E-state index is -0.701. The Labute approximate surface area is 145 Å². The third-order valence-corrected chi connectivity index (χ3v) is 3.72. The summed E-state index contributed by atoms with van der Waals surface area (Å²) in [5, 5.41) is 2.77. The number of carbonyl (C=O) groups excluding carboxylic acids is 2. The second kappa shape index (κ2) is 8.46. The Morgan fingerprint density at radius 3 is 2.64 bits per heavy atom. The number of rotatable bonds is 6. The maximum absolute atomic E-state index is 12.7. The van der Waals surface area contributed by atoms with Crippen LogP contribution in [0, 0.1) is 0 Å². The van der Waals surface area contributed by atoms with Crippen LogP contribution in [0.3, 0.4) is 0 Å². The first-order valence-corrected chi connectivity index (χ1v) is 8.08. The van der Waals surface area contributed by atoms with Crippen LogP contribution >= 0.6 is 0 Å². The van der Waals surface area contributed by atoms with Gasteiger partial charge in [-0.3, -0.25) is 9.59 Å². The van der Waals surface area contributed by atoms with Crippen molar-refractivity contribution in [1.29, 1.82) is 0 Å². The molecule has 0 aliphatic carbocycles. The van der Waals surface area contributed by atoms with E-state index in [0.717, 1.165) is 0 Å². The lowest BCUT2D eigenvalue weighted by Crippen LogP contribution is -2.47. The minimum Gasteiger partial charge on any atom is -0.467 e. The van der Waals surface area contributed by atoms with E-state index < -0.39 is 6.10 Å². The fourth-order valence-electron chi connectivity index (χ4n) is 2.53. The summed E-state index contributed by atoms with van der Waals surface area (Å²) in [6, 6.07) is 12.6. The van der Waals surface area contributed by atoms with Crippen LogP contribution in [0.2, 0.25) is 0 Å². The van der Waals surface area contributed by atoms with Gasteiger partial charge >= 0.3 is 0 Å². The summed E-state index contributed by atoms with van der Waals surface area (Å²) < 4.78 is 16.1. The van der Waals surface area contributed by atoms with E-state index in [1.807, 2.05) is 18.2 Å². The summed E-state index contributed by atoms with van der Waals surface area (Å²) in [5.41, 5.74) is 0.676. The number of nitrogens with one attached hydrogen (secondary N) is 1. The Bertz CT molecular complexity index is 681. The SMILES string of the molecule is O=C(CN(Cc1ccco1)C(=O)C1COCCO1)Nc1ccccc1. The highest BCUT2D eigenvalue weighted by molar-refractivity contribution is 5.95. The largest absolute Gasteiger partial charge is 0.467 e. The van der Waals surface area contributed by atoms with Gasteiger partial charge in [-0.15, -0.1) is 0 Å². The predicted octanol–water partition coefficient (Wildman–Crippen LogP) is 1.66. The third-order valence-electron chi connectivity index (χ3n) is 3.72. The molecule has 1 saturated heterocycles. The average molecular weight is 344 g/mol. The molecule has 0 saturated carbocycles. The normalized spacial score (nSPS) is 17.0. The number of anilines is 1. The van der Waals surface area contributed by atoms with Crippen molar-refractivity contribution in [3.63, 3.8) is 0 Å². The van der Waals surface area contributed by atoms with E-state index in [9.17, 15) is 9.59 Å². The third kappa shape index (κ3) is 4.91. The summed E-state index contributed by atoms with van der Waals surface area (Å²) in [5.74, 6) is 0.0136. The molecular weight excluding hydrogens is 324 g/mol. The Balaban J connectivity index is 1.66. The molecule has 1 aliphatic heterocycles. The van der Waals surface area contributed by atoms with E-state index in [4.69, 9.17) is 13.9 Å². The molecular formula is C18H20N2O5. The standard InChI is InChI=1S/C18H20N2O5/c21-17(19-14-5-2-1-3-6-14)12-20(11-15-7-4-8-24-15)18(22)16-13-23-9-10-25-16/h1-8,16H,9-13H2,(H,19,21). The zero-order chi connectivity index (χ0) is 17.5. The summed E-state index contributed by atoms with van der Waals surface area (Å²) in [4.78, 5) is 26.5. The van der Waals surface area contributed by atoms with Crippen molar-refractivity contribution in [2.45, 2.75) is 12.6 Å². The van der Waals surface area contributed by atoms with Crippen molar-refractivity contribution in [1.82, 2.24) is 4.90 Å². The first-order chi connectivity index (χ1) is 12.2. The van der Waals surface area contributed by atoms with Gasteiger partial charge < -0.3 is 24.1 Å². The predicted molar refractivity (Wildman–Crippen MR) is 89.8 cm³/mol. The van der Waals surface area contributed by atoms with Gasteiger partial charge in [0.15, 0.2) is 6.10 Å². The second-order valence-corrected chi connectivity index (χ2v) is 5.62. The number of carbonyl (C=O) groups is 2. The van der Waals surface area contributed by atoms with Crippen molar-refractivity contribution in [2.24, 2.45) is 0 Å². The molecule has 2 amide bonds. The topological polar surface area (TPSA) is 81.0 Å². The van der Waals surface area contributed by atoms with Crippen molar-refractivity contribution < 1.29 is 23.5 Å². The van der Waals surface area contributed by atoms with Crippen molar-refractivity contribution >= 4 is 17.5 Å². The number of para-hydroxylation sites is 1. The Morgan fingerprint density at radius 2 is 1.96 bits per heavy atom. The van der Waals surface area contributed by atoms with E-state index in [-0.39, 0.29) is 31.5 Å². The second-order valence-electron chi connectivity index (χ2n) is 5.62. The molecule has 0 radical (unpaired) electrons. The molecule has 0 bridgehead atoms. The molecule has 2 aromatic rings. The van der Waals surface area contributed by atoms with Crippen LogP contribution < -0.4 is 5.32 Å². The number of furan rings is 1. The summed E-state index contributed by atoms with van der Waals surface area (Å²) in [7, 11) is 0. The highest BCUT2D eigenvalue weighted by atomic mass is 16.6. The van der Waals surface area contributed by atoms with Gasteiger partial charge in [0.1, 0.15) is 12.3 Å². The number of ether oxygens (including phenoxy) is 2. The molecule has 1 aromatic carbocycles. The molecule has 0 spiro atoms. The molecule has 1 atom stereocenters. The molecule has 132 valence electrons. The smallest absolute Gasteiger partial charge is 0.254 e. The molecule has 1 unspecified atom stereocenters. The molecule has 3 rings (SSSR count). The Hall–Kier alpha value is -2.64. The highest BCUT2D eigenvalue weighted by Crippen LogP contribution is 2.12. The van der Waals surface area contributed by atoms with Crippen LogP contribution in [0.5, 0.6) is 0 Å². The minimum absolute atomic E-state index is 0.103. The monoisotopic (exact) mass is 344 g/mol. The maximum Gasteiger partial charge on any atom is 0.254 e. The van der Waals surface area contributed by atoms with E-state index >= 15 is 0 Å². The van der Waals surface area contributed by atoms with Crippen LogP contribution in [0.25, 0.3) is 0 Å². The van der Waals surface area contributed by atoms with Crippen molar-refractivity contribution in [3.05, 3.63) is 54.5 Å². The molecule has 1 fully saturated rings. The molecule has 1 N–H and O–H groups in total. The van der Waals surface area contributed by atoms with Gasteiger partial charge in [0, 0.05) is 5.69 Å². The van der Waals surface area contributed by atoms with Crippen molar-refractivity contribution in [2.75, 3.05) is 31.7 Å². The van der Waals surface area contributed by atoms with Gasteiger partial charge in [-0.05, 0) is 24.3 Å². The zero-order valence-corrected chi connectivity index (χ0v) is 13.7. The lowest BCUT2D eigenvalue weighted by molar-refractivity contribution is -0.159. The lowest BCUT2D eigenvalue weighted by atomic mass is 10.2. The number of benzene rings is 1. The van der Waals surface area contributed by atoms with Crippen LogP contribution in [0.15, 0.2) is 53.1 Å². The van der Waals surface area contributed by atoms with Gasteiger partial charge in [0.05, 0.1) is 32.6 Å². The van der Waals surface area contributed by atoms with Gasteiger partial charge in [0.2, 0.25) is 5.91 Å². The fraction of sp³-hybridized carbons (Fsp3) is 0.333. The molecule has 25 heavy (non-hydrogen) atoms. The first kappa shape index (κ1) is 17.2. The van der Waals surface area contributed by atoms with E-state index in [1.165, 1.54) is 11.2 Å². The molecule has 1 aromatic heterocycles. The van der Waals surface area contributed by atoms with Gasteiger partial charge in [-0.25, -0.2) is 0 Å². The molecule has 1 aliphatic rings. The molecule has 2 heterocycles. The first-order valence-electron chi connectivity index (χ1n) is 8.08. The summed E-state index contributed by atoms with van der Waals surface area (Å²) in [6.07, 6.45) is 0.829. The summed E-state index contributed by atoms with van der Waals surface area (Å²) in [6.45, 7) is 1.10. The fourth-order valence-corrected chi connectivity index (χ4v) is 2.53. The van der Waals surface area contributed by atoms with Crippen LogP contribution in [-0.2, 0) is 25.6 Å². The van der Waals surface area contributed by atoms with Crippen LogP contribution in [0.1, 0.15) is 5.76 Å². The van der Waals surface area contributed by atoms with Gasteiger partial charge in [-0.1, -0.05) is 18.2 Å². The number of hydrogen-bond donors (Lipinski definition) is 1. The lowest BCUT2D eigenvalue weighted by Gasteiger charge is -2.28. The molecule has 7 heteroatoms. The van der Waals surface area contributed by atoms with Crippen LogP contribution in [-0.4, -0.2) is 49.2 Å². The van der Waals surface area contributed by atoms with Gasteiger partial charge in [-0.2, -0.15) is 0 Å².